The minimum Gasteiger partial charge on any atom is -0.382 e. The van der Waals surface area contributed by atoms with Crippen LogP contribution in [0.15, 0.2) is 36.9 Å². The van der Waals surface area contributed by atoms with Gasteiger partial charge in [0.05, 0.1) is 17.3 Å². The predicted octanol–water partition coefficient (Wildman–Crippen LogP) is 2.04. The quantitative estimate of drug-likeness (QED) is 0.861. The fraction of sp³-hybridized carbons (Fsp3) is 0.200. The van der Waals surface area contributed by atoms with Crippen LogP contribution in [0, 0.1) is 0 Å². The number of hydrogen-bond donors (Lipinski definition) is 1. The summed E-state index contributed by atoms with van der Waals surface area (Å²) in [6.45, 7) is 1.54. The van der Waals surface area contributed by atoms with E-state index >= 15 is 0 Å². The van der Waals surface area contributed by atoms with Crippen molar-refractivity contribution in [3.8, 4) is 0 Å². The van der Waals surface area contributed by atoms with Gasteiger partial charge in [-0.3, -0.25) is 4.68 Å². The molecule has 2 rings (SSSR count). The van der Waals surface area contributed by atoms with E-state index in [4.69, 9.17) is 11.6 Å². The second kappa shape index (κ2) is 4.79. The maximum Gasteiger partial charge on any atom is 0.137 e. The first-order valence-corrected chi connectivity index (χ1v) is 5.05. The van der Waals surface area contributed by atoms with Gasteiger partial charge in [-0.25, -0.2) is 4.98 Å². The highest BCUT2D eigenvalue weighted by Gasteiger charge is 1.97. The summed E-state index contributed by atoms with van der Waals surface area (Å²) in [6.07, 6.45) is 3.21. The topological polar surface area (TPSA) is 42.7 Å². The van der Waals surface area contributed by atoms with Crippen molar-refractivity contribution < 1.29 is 0 Å². The average Bonchev–Trinajstić information content (AvgIpc) is 2.74. The van der Waals surface area contributed by atoms with Gasteiger partial charge in [0.2, 0.25) is 0 Å². The largest absolute Gasteiger partial charge is 0.382 e. The number of nitrogens with one attached hydrogen (secondary N) is 1. The summed E-state index contributed by atoms with van der Waals surface area (Å²) >= 11 is 5.99. The van der Waals surface area contributed by atoms with E-state index < -0.39 is 0 Å². The molecule has 0 spiro atoms. The molecule has 0 radical (unpaired) electrons. The Morgan fingerprint density at radius 1 is 1.33 bits per heavy atom. The summed E-state index contributed by atoms with van der Waals surface area (Å²) < 4.78 is 1.77. The number of aromatic nitrogens is 3. The second-order valence-electron chi connectivity index (χ2n) is 3.07. The Hall–Kier alpha value is -1.55. The minimum atomic E-state index is 0.732. The van der Waals surface area contributed by atoms with Crippen LogP contribution in [0.3, 0.4) is 0 Å². The van der Waals surface area contributed by atoms with Crippen LogP contribution >= 0.6 is 11.6 Å². The molecule has 4 nitrogen and oxygen atoms in total. The molecule has 0 aliphatic rings. The number of benzene rings is 1. The van der Waals surface area contributed by atoms with Crippen molar-refractivity contribution in [2.75, 3.05) is 11.9 Å². The van der Waals surface area contributed by atoms with Crippen LogP contribution in [0.5, 0.6) is 0 Å². The van der Waals surface area contributed by atoms with Crippen molar-refractivity contribution in [2.45, 2.75) is 6.54 Å². The fourth-order valence-corrected chi connectivity index (χ4v) is 1.46. The molecule has 2 aromatic rings. The van der Waals surface area contributed by atoms with Gasteiger partial charge in [0.1, 0.15) is 12.7 Å². The van der Waals surface area contributed by atoms with Crippen molar-refractivity contribution in [3.63, 3.8) is 0 Å². The molecule has 0 fully saturated rings. The summed E-state index contributed by atoms with van der Waals surface area (Å²) in [5.74, 6) is 0. The zero-order valence-electron chi connectivity index (χ0n) is 8.10. The van der Waals surface area contributed by atoms with E-state index in [1.54, 1.807) is 11.0 Å². The maximum absolute atomic E-state index is 5.99. The lowest BCUT2D eigenvalue weighted by atomic mass is 10.3. The van der Waals surface area contributed by atoms with E-state index in [1.807, 2.05) is 24.3 Å². The van der Waals surface area contributed by atoms with Gasteiger partial charge in [-0.05, 0) is 12.1 Å². The first-order valence-electron chi connectivity index (χ1n) is 4.67. The maximum atomic E-state index is 5.99. The van der Waals surface area contributed by atoms with Crippen LogP contribution < -0.4 is 5.32 Å². The first kappa shape index (κ1) is 9.98. The summed E-state index contributed by atoms with van der Waals surface area (Å²) in [5, 5.41) is 7.97. The summed E-state index contributed by atoms with van der Waals surface area (Å²) in [5.41, 5.74) is 0.944. The molecule has 0 bridgehead atoms. The minimum absolute atomic E-state index is 0.732. The molecule has 0 amide bonds. The van der Waals surface area contributed by atoms with E-state index in [-0.39, 0.29) is 0 Å². The number of rotatable bonds is 4. The molecule has 0 saturated heterocycles. The Labute approximate surface area is 92.9 Å². The lowest BCUT2D eigenvalue weighted by Gasteiger charge is -2.07. The Bertz CT molecular complexity index is 413. The van der Waals surface area contributed by atoms with Crippen molar-refractivity contribution >= 4 is 17.3 Å². The van der Waals surface area contributed by atoms with E-state index in [1.165, 1.54) is 6.33 Å². The highest BCUT2D eigenvalue weighted by atomic mass is 35.5. The SMILES string of the molecule is Clc1ccccc1NCCn1cncn1. The van der Waals surface area contributed by atoms with Gasteiger partial charge in [-0.1, -0.05) is 23.7 Å². The van der Waals surface area contributed by atoms with Gasteiger partial charge in [0, 0.05) is 6.54 Å². The van der Waals surface area contributed by atoms with Crippen molar-refractivity contribution in [2.24, 2.45) is 0 Å². The molecule has 0 aliphatic carbocycles. The van der Waals surface area contributed by atoms with Crippen LogP contribution in [0.25, 0.3) is 0 Å². The molecular formula is C10H11ClN4. The van der Waals surface area contributed by atoms with Gasteiger partial charge < -0.3 is 5.32 Å². The van der Waals surface area contributed by atoms with Gasteiger partial charge in [0.15, 0.2) is 0 Å². The van der Waals surface area contributed by atoms with Crippen LogP contribution in [0.4, 0.5) is 5.69 Å². The molecular weight excluding hydrogens is 212 g/mol. The van der Waals surface area contributed by atoms with Crippen molar-refractivity contribution in [3.05, 3.63) is 41.9 Å². The smallest absolute Gasteiger partial charge is 0.137 e. The molecule has 0 saturated carbocycles. The van der Waals surface area contributed by atoms with Gasteiger partial charge >= 0.3 is 0 Å². The Balaban J connectivity index is 1.86. The van der Waals surface area contributed by atoms with Gasteiger partial charge in [-0.15, -0.1) is 0 Å². The number of anilines is 1. The third kappa shape index (κ3) is 2.70. The van der Waals surface area contributed by atoms with Crippen molar-refractivity contribution in [1.82, 2.24) is 14.8 Å². The summed E-state index contributed by atoms with van der Waals surface area (Å²) in [7, 11) is 0. The highest BCUT2D eigenvalue weighted by molar-refractivity contribution is 6.33. The molecule has 1 aromatic carbocycles. The summed E-state index contributed by atoms with van der Waals surface area (Å²) in [4.78, 5) is 3.86. The number of nitrogens with zero attached hydrogens (tertiary/aromatic N) is 3. The van der Waals surface area contributed by atoms with Crippen LogP contribution in [0.2, 0.25) is 5.02 Å². The number of para-hydroxylation sites is 1. The molecule has 1 N–H and O–H groups in total. The van der Waals surface area contributed by atoms with Crippen molar-refractivity contribution in [1.29, 1.82) is 0 Å². The Morgan fingerprint density at radius 2 is 2.20 bits per heavy atom. The molecule has 5 heteroatoms. The first-order chi connectivity index (χ1) is 7.36. The zero-order valence-corrected chi connectivity index (χ0v) is 8.85. The van der Waals surface area contributed by atoms with E-state index in [0.29, 0.717) is 0 Å². The van der Waals surface area contributed by atoms with Gasteiger partial charge in [0.25, 0.3) is 0 Å². The van der Waals surface area contributed by atoms with Crippen LogP contribution in [0.1, 0.15) is 0 Å². The van der Waals surface area contributed by atoms with Gasteiger partial charge in [-0.2, -0.15) is 5.10 Å². The van der Waals surface area contributed by atoms with Crippen LogP contribution in [-0.4, -0.2) is 21.3 Å². The lowest BCUT2D eigenvalue weighted by Crippen LogP contribution is -2.10. The van der Waals surface area contributed by atoms with E-state index in [9.17, 15) is 0 Å². The third-order valence-corrected chi connectivity index (χ3v) is 2.33. The van der Waals surface area contributed by atoms with E-state index in [0.717, 1.165) is 23.8 Å². The average molecular weight is 223 g/mol. The normalized spacial score (nSPS) is 10.2. The third-order valence-electron chi connectivity index (χ3n) is 2.00. The summed E-state index contributed by atoms with van der Waals surface area (Å²) in [6, 6.07) is 7.66. The fourth-order valence-electron chi connectivity index (χ4n) is 1.26. The molecule has 0 unspecified atom stereocenters. The zero-order chi connectivity index (χ0) is 10.5. The molecule has 78 valence electrons. The second-order valence-corrected chi connectivity index (χ2v) is 3.47. The number of halogens is 1. The molecule has 1 heterocycles. The monoisotopic (exact) mass is 222 g/mol. The standard InChI is InChI=1S/C10H11ClN4/c11-9-3-1-2-4-10(9)13-5-6-15-8-12-7-14-15/h1-4,7-8,13H,5-6H2. The highest BCUT2D eigenvalue weighted by Crippen LogP contribution is 2.19. The Kier molecular flexibility index (Phi) is 3.19. The molecule has 15 heavy (non-hydrogen) atoms. The lowest BCUT2D eigenvalue weighted by molar-refractivity contribution is 0.636. The predicted molar refractivity (Wildman–Crippen MR) is 60.0 cm³/mol. The molecule has 0 atom stereocenters. The Morgan fingerprint density at radius 3 is 2.93 bits per heavy atom. The van der Waals surface area contributed by atoms with E-state index in [2.05, 4.69) is 15.4 Å². The molecule has 0 aliphatic heterocycles. The number of hydrogen-bond acceptors (Lipinski definition) is 3. The van der Waals surface area contributed by atoms with Crippen LogP contribution in [-0.2, 0) is 6.54 Å². The molecule has 1 aromatic heterocycles.